The third-order valence-corrected chi connectivity index (χ3v) is 3.08. The van der Waals surface area contributed by atoms with Crippen LogP contribution >= 0.6 is 0 Å². The fraction of sp³-hybridized carbons (Fsp3) is 0.188. The third-order valence-electron chi connectivity index (χ3n) is 3.08. The van der Waals surface area contributed by atoms with Crippen LogP contribution in [0.4, 0.5) is 5.69 Å². The van der Waals surface area contributed by atoms with Crippen molar-refractivity contribution in [3.05, 3.63) is 69.8 Å². The lowest BCUT2D eigenvalue weighted by molar-refractivity contribution is -0.386. The number of aliphatic carboxylic acids is 1. The normalized spacial score (nSPS) is 10.2. The summed E-state index contributed by atoms with van der Waals surface area (Å²) >= 11 is 0. The van der Waals surface area contributed by atoms with Gasteiger partial charge in [0, 0.05) is 12.5 Å². The van der Waals surface area contributed by atoms with Gasteiger partial charge in [-0.15, -0.1) is 0 Å². The molecule has 2 aromatic carbocycles. The molecule has 0 aromatic heterocycles. The smallest absolute Gasteiger partial charge is 0.311 e. The molecule has 0 aliphatic rings. The molecule has 0 bridgehead atoms. The largest absolute Gasteiger partial charge is 0.482 e. The van der Waals surface area contributed by atoms with Gasteiger partial charge in [-0.3, -0.25) is 14.9 Å². The van der Waals surface area contributed by atoms with Crippen LogP contribution in [0.1, 0.15) is 17.5 Å². The van der Waals surface area contributed by atoms with Crippen LogP contribution in [0.15, 0.2) is 48.5 Å². The van der Waals surface area contributed by atoms with Crippen molar-refractivity contribution < 1.29 is 19.6 Å². The molecule has 0 aliphatic heterocycles. The zero-order valence-electron chi connectivity index (χ0n) is 11.8. The molecule has 1 N–H and O–H groups in total. The minimum Gasteiger partial charge on any atom is -0.482 e. The van der Waals surface area contributed by atoms with Crippen molar-refractivity contribution in [2.75, 3.05) is 0 Å². The fourth-order valence-electron chi connectivity index (χ4n) is 1.97. The molecule has 22 heavy (non-hydrogen) atoms. The van der Waals surface area contributed by atoms with Crippen LogP contribution < -0.4 is 4.74 Å². The molecule has 0 atom stereocenters. The molecule has 2 rings (SSSR count). The lowest BCUT2D eigenvalue weighted by atomic mass is 10.1. The molecule has 0 fully saturated rings. The Morgan fingerprint density at radius 3 is 2.50 bits per heavy atom. The van der Waals surface area contributed by atoms with Crippen molar-refractivity contribution in [1.29, 1.82) is 0 Å². The van der Waals surface area contributed by atoms with Crippen LogP contribution in [0, 0.1) is 10.1 Å². The van der Waals surface area contributed by atoms with Gasteiger partial charge >= 0.3 is 11.7 Å². The van der Waals surface area contributed by atoms with Crippen LogP contribution in [-0.2, 0) is 17.8 Å². The minimum atomic E-state index is -0.938. The Balaban J connectivity index is 2.13. The third kappa shape index (κ3) is 4.31. The number of hydrogen-bond acceptors (Lipinski definition) is 4. The first-order chi connectivity index (χ1) is 10.6. The van der Waals surface area contributed by atoms with E-state index in [-0.39, 0.29) is 30.9 Å². The molecule has 0 unspecified atom stereocenters. The van der Waals surface area contributed by atoms with E-state index in [9.17, 15) is 14.9 Å². The molecular formula is C16H15NO5. The maximum absolute atomic E-state index is 11.1. The maximum Gasteiger partial charge on any atom is 0.311 e. The molecule has 0 heterocycles. The summed E-state index contributed by atoms with van der Waals surface area (Å²) in [6, 6.07) is 13.9. The predicted octanol–water partition coefficient (Wildman–Crippen LogP) is 3.19. The highest BCUT2D eigenvalue weighted by molar-refractivity contribution is 5.67. The predicted molar refractivity (Wildman–Crippen MR) is 79.8 cm³/mol. The average molecular weight is 301 g/mol. The SMILES string of the molecule is O=C(O)CCc1ccc(OCc2ccccc2)c([N+](=O)[O-])c1. The van der Waals surface area contributed by atoms with Crippen LogP contribution in [0.5, 0.6) is 5.75 Å². The number of aryl methyl sites for hydroxylation is 1. The highest BCUT2D eigenvalue weighted by atomic mass is 16.6. The second kappa shape index (κ2) is 7.21. The number of nitro benzene ring substituents is 1. The second-order valence-corrected chi connectivity index (χ2v) is 4.73. The van der Waals surface area contributed by atoms with Gasteiger partial charge in [-0.2, -0.15) is 0 Å². The zero-order chi connectivity index (χ0) is 15.9. The number of ether oxygens (including phenoxy) is 1. The molecule has 0 spiro atoms. The van der Waals surface area contributed by atoms with E-state index >= 15 is 0 Å². The number of rotatable bonds is 7. The number of carbonyl (C=O) groups is 1. The van der Waals surface area contributed by atoms with Gasteiger partial charge in [0.2, 0.25) is 0 Å². The zero-order valence-corrected chi connectivity index (χ0v) is 11.8. The number of nitro groups is 1. The molecule has 6 nitrogen and oxygen atoms in total. The van der Waals surface area contributed by atoms with Crippen LogP contribution in [0.25, 0.3) is 0 Å². The van der Waals surface area contributed by atoms with Gasteiger partial charge in [0.05, 0.1) is 4.92 Å². The first-order valence-electron chi connectivity index (χ1n) is 6.72. The Bertz CT molecular complexity index is 669. The quantitative estimate of drug-likeness (QED) is 0.626. The van der Waals surface area contributed by atoms with E-state index < -0.39 is 10.9 Å². The molecular weight excluding hydrogens is 286 g/mol. The monoisotopic (exact) mass is 301 g/mol. The highest BCUT2D eigenvalue weighted by Gasteiger charge is 2.16. The molecule has 0 saturated carbocycles. The first kappa shape index (κ1) is 15.5. The topological polar surface area (TPSA) is 89.7 Å². The number of carboxylic acids is 1. The van der Waals surface area contributed by atoms with Crippen molar-refractivity contribution in [1.82, 2.24) is 0 Å². The Morgan fingerprint density at radius 1 is 1.14 bits per heavy atom. The molecule has 114 valence electrons. The van der Waals surface area contributed by atoms with Crippen LogP contribution in [0.3, 0.4) is 0 Å². The van der Waals surface area contributed by atoms with Gasteiger partial charge in [-0.05, 0) is 23.6 Å². The maximum atomic E-state index is 11.1. The summed E-state index contributed by atoms with van der Waals surface area (Å²) in [4.78, 5) is 21.2. The summed E-state index contributed by atoms with van der Waals surface area (Å²) in [5.74, 6) is -0.764. The summed E-state index contributed by atoms with van der Waals surface area (Å²) in [5, 5.41) is 19.8. The summed E-state index contributed by atoms with van der Waals surface area (Å²) in [6.45, 7) is 0.232. The number of benzene rings is 2. The van der Waals surface area contributed by atoms with Crippen molar-refractivity contribution in [2.24, 2.45) is 0 Å². The first-order valence-corrected chi connectivity index (χ1v) is 6.72. The molecule has 2 aromatic rings. The fourth-order valence-corrected chi connectivity index (χ4v) is 1.97. The summed E-state index contributed by atoms with van der Waals surface area (Å²) in [6.07, 6.45) is 0.177. The summed E-state index contributed by atoms with van der Waals surface area (Å²) in [7, 11) is 0. The molecule has 0 saturated heterocycles. The number of nitrogens with zero attached hydrogens (tertiary/aromatic N) is 1. The van der Waals surface area contributed by atoms with Crippen molar-refractivity contribution in [3.8, 4) is 5.75 Å². The Morgan fingerprint density at radius 2 is 1.86 bits per heavy atom. The number of carboxylic acid groups (broad SMARTS) is 1. The van der Waals surface area contributed by atoms with Crippen molar-refractivity contribution in [2.45, 2.75) is 19.4 Å². The lowest BCUT2D eigenvalue weighted by Crippen LogP contribution is -2.01. The average Bonchev–Trinajstić information content (AvgIpc) is 2.52. The van der Waals surface area contributed by atoms with E-state index in [1.54, 1.807) is 6.07 Å². The van der Waals surface area contributed by atoms with E-state index in [1.165, 1.54) is 12.1 Å². The van der Waals surface area contributed by atoms with Crippen molar-refractivity contribution >= 4 is 11.7 Å². The van der Waals surface area contributed by atoms with Gasteiger partial charge in [0.15, 0.2) is 5.75 Å². The van der Waals surface area contributed by atoms with E-state index in [0.29, 0.717) is 5.56 Å². The van der Waals surface area contributed by atoms with Crippen molar-refractivity contribution in [3.63, 3.8) is 0 Å². The van der Waals surface area contributed by atoms with Gasteiger partial charge in [0.25, 0.3) is 0 Å². The van der Waals surface area contributed by atoms with Crippen LogP contribution in [-0.4, -0.2) is 16.0 Å². The van der Waals surface area contributed by atoms with E-state index in [0.717, 1.165) is 5.56 Å². The molecule has 6 heteroatoms. The Labute approximate surface area is 127 Å². The lowest BCUT2D eigenvalue weighted by Gasteiger charge is -2.08. The Hall–Kier alpha value is -2.89. The van der Waals surface area contributed by atoms with E-state index in [4.69, 9.17) is 9.84 Å². The van der Waals surface area contributed by atoms with Crippen LogP contribution in [0.2, 0.25) is 0 Å². The van der Waals surface area contributed by atoms with Gasteiger partial charge in [0.1, 0.15) is 6.61 Å². The Kier molecular flexibility index (Phi) is 5.08. The highest BCUT2D eigenvalue weighted by Crippen LogP contribution is 2.29. The van der Waals surface area contributed by atoms with Gasteiger partial charge < -0.3 is 9.84 Å². The standard InChI is InChI=1S/C16H15NO5/c18-16(19)9-7-12-6-8-15(14(10-12)17(20)21)22-11-13-4-2-1-3-5-13/h1-6,8,10H,7,9,11H2,(H,18,19). The molecule has 0 radical (unpaired) electrons. The van der Waals surface area contributed by atoms with E-state index in [1.807, 2.05) is 30.3 Å². The van der Waals surface area contributed by atoms with Gasteiger partial charge in [-0.1, -0.05) is 36.4 Å². The van der Waals surface area contributed by atoms with Gasteiger partial charge in [-0.25, -0.2) is 0 Å². The molecule has 0 aliphatic carbocycles. The minimum absolute atomic E-state index is 0.0681. The molecule has 0 amide bonds. The summed E-state index contributed by atoms with van der Waals surface area (Å²) in [5.41, 5.74) is 1.35. The second-order valence-electron chi connectivity index (χ2n) is 4.73. The van der Waals surface area contributed by atoms with E-state index in [2.05, 4.69) is 0 Å². The summed E-state index contributed by atoms with van der Waals surface area (Å²) < 4.78 is 5.51. The number of hydrogen-bond donors (Lipinski definition) is 1.